The lowest BCUT2D eigenvalue weighted by molar-refractivity contribution is 0.417. The van der Waals surface area contributed by atoms with Crippen LogP contribution in [0, 0.1) is 29.3 Å². The average molecular weight is 320 g/mol. The number of nitrogens with zero attached hydrogens (tertiary/aromatic N) is 1. The van der Waals surface area contributed by atoms with Gasteiger partial charge in [0.15, 0.2) is 4.90 Å². The van der Waals surface area contributed by atoms with Crippen molar-refractivity contribution in [2.45, 2.75) is 23.8 Å². The van der Waals surface area contributed by atoms with Gasteiger partial charge in [0.2, 0.25) is 10.0 Å². The fraction of sp³-hybridized carbons (Fsp3) is 0.538. The summed E-state index contributed by atoms with van der Waals surface area (Å²) in [6, 6.07) is 0.662. The number of rotatable bonds is 2. The van der Waals surface area contributed by atoms with E-state index in [9.17, 15) is 21.6 Å². The third kappa shape index (κ3) is 2.35. The Morgan fingerprint density at radius 1 is 1.10 bits per heavy atom. The molecule has 3 unspecified atom stereocenters. The Morgan fingerprint density at radius 2 is 1.71 bits per heavy atom. The maximum atomic E-state index is 13.7. The van der Waals surface area contributed by atoms with Crippen molar-refractivity contribution in [3.05, 3.63) is 29.6 Å². The van der Waals surface area contributed by atoms with Gasteiger partial charge in [0.25, 0.3) is 0 Å². The summed E-state index contributed by atoms with van der Waals surface area (Å²) < 4.78 is 66.2. The number of benzene rings is 1. The number of hydrogen-bond acceptors (Lipinski definition) is 3. The van der Waals surface area contributed by atoms with E-state index in [0.29, 0.717) is 12.1 Å². The molecule has 1 saturated heterocycles. The van der Waals surface area contributed by atoms with Crippen molar-refractivity contribution >= 4 is 10.0 Å². The van der Waals surface area contributed by atoms with Crippen LogP contribution in [0.25, 0.3) is 0 Å². The Bertz CT molecular complexity index is 657. The van der Waals surface area contributed by atoms with E-state index < -0.39 is 32.4 Å². The third-order valence-corrected chi connectivity index (χ3v) is 6.32. The van der Waals surface area contributed by atoms with Gasteiger partial charge in [-0.05, 0) is 24.7 Å². The topological polar surface area (TPSA) is 63.4 Å². The summed E-state index contributed by atoms with van der Waals surface area (Å²) in [5.74, 6) is -3.82. The normalized spacial score (nSPS) is 29.8. The van der Waals surface area contributed by atoms with Crippen LogP contribution in [0.1, 0.15) is 12.8 Å². The minimum atomic E-state index is -4.32. The summed E-state index contributed by atoms with van der Waals surface area (Å²) in [6.07, 6.45) is 1.65. The number of hydrogen-bond donors (Lipinski definition) is 1. The van der Waals surface area contributed by atoms with Crippen molar-refractivity contribution in [2.24, 2.45) is 17.6 Å². The van der Waals surface area contributed by atoms with E-state index in [1.165, 1.54) is 0 Å². The molecule has 1 aliphatic carbocycles. The Hall–Kier alpha value is -1.12. The average Bonchev–Trinajstić information content (AvgIpc) is 2.90. The van der Waals surface area contributed by atoms with Crippen LogP contribution in [0.4, 0.5) is 13.2 Å². The van der Waals surface area contributed by atoms with Crippen LogP contribution in [0.2, 0.25) is 0 Å². The highest BCUT2D eigenvalue weighted by molar-refractivity contribution is 7.89. The van der Waals surface area contributed by atoms with E-state index in [1.54, 1.807) is 0 Å². The minimum Gasteiger partial charge on any atom is -0.327 e. The lowest BCUT2D eigenvalue weighted by Crippen LogP contribution is -2.34. The van der Waals surface area contributed by atoms with Crippen LogP contribution < -0.4 is 5.73 Å². The first-order valence-electron chi connectivity index (χ1n) is 6.71. The molecule has 2 aliphatic rings. The predicted octanol–water partition coefficient (Wildman–Crippen LogP) is 1.46. The summed E-state index contributed by atoms with van der Waals surface area (Å²) in [4.78, 5) is -1.09. The number of sulfonamides is 1. The molecular weight excluding hydrogens is 305 g/mol. The second-order valence-corrected chi connectivity index (χ2v) is 7.56. The Kier molecular flexibility index (Phi) is 3.50. The fourth-order valence-electron chi connectivity index (χ4n) is 3.37. The van der Waals surface area contributed by atoms with E-state index in [2.05, 4.69) is 0 Å². The van der Waals surface area contributed by atoms with Gasteiger partial charge < -0.3 is 5.73 Å². The largest absolute Gasteiger partial charge is 0.327 e. The van der Waals surface area contributed by atoms with E-state index >= 15 is 0 Å². The summed E-state index contributed by atoms with van der Waals surface area (Å²) in [5.41, 5.74) is 5.92. The van der Waals surface area contributed by atoms with Gasteiger partial charge in [0, 0.05) is 31.3 Å². The molecule has 1 aromatic rings. The van der Waals surface area contributed by atoms with Gasteiger partial charge >= 0.3 is 0 Å². The molecule has 1 aromatic carbocycles. The zero-order valence-corrected chi connectivity index (χ0v) is 11.9. The van der Waals surface area contributed by atoms with Gasteiger partial charge in [-0.1, -0.05) is 0 Å². The van der Waals surface area contributed by atoms with Crippen LogP contribution in [0.5, 0.6) is 0 Å². The van der Waals surface area contributed by atoms with Crippen molar-refractivity contribution in [1.82, 2.24) is 4.31 Å². The number of fused-ring (bicyclic) bond motifs is 1. The smallest absolute Gasteiger partial charge is 0.248 e. The summed E-state index contributed by atoms with van der Waals surface area (Å²) in [5, 5.41) is 0. The first kappa shape index (κ1) is 14.8. The maximum Gasteiger partial charge on any atom is 0.248 e. The molecule has 1 aliphatic heterocycles. The molecule has 21 heavy (non-hydrogen) atoms. The Morgan fingerprint density at radius 3 is 2.29 bits per heavy atom. The fourth-order valence-corrected chi connectivity index (χ4v) is 4.99. The molecule has 0 amide bonds. The third-order valence-electron chi connectivity index (χ3n) is 4.44. The van der Waals surface area contributed by atoms with Crippen molar-refractivity contribution in [1.29, 1.82) is 0 Å². The highest BCUT2D eigenvalue weighted by Crippen LogP contribution is 2.39. The molecule has 0 radical (unpaired) electrons. The number of nitrogens with two attached hydrogens (primary N) is 1. The number of halogens is 3. The van der Waals surface area contributed by atoms with Crippen LogP contribution >= 0.6 is 0 Å². The van der Waals surface area contributed by atoms with Gasteiger partial charge in [-0.25, -0.2) is 21.6 Å². The monoisotopic (exact) mass is 320 g/mol. The molecule has 0 spiro atoms. The van der Waals surface area contributed by atoms with Crippen molar-refractivity contribution < 1.29 is 21.6 Å². The zero-order chi connectivity index (χ0) is 15.4. The Balaban J connectivity index is 1.96. The second kappa shape index (κ2) is 4.96. The van der Waals surface area contributed by atoms with Gasteiger partial charge in [0.05, 0.1) is 0 Å². The molecule has 3 rings (SSSR count). The molecule has 2 N–H and O–H groups in total. The Labute approximate surface area is 120 Å². The van der Waals surface area contributed by atoms with Crippen LogP contribution in [0.15, 0.2) is 17.0 Å². The van der Waals surface area contributed by atoms with Gasteiger partial charge in [-0.2, -0.15) is 4.31 Å². The molecule has 0 aromatic heterocycles. The maximum absolute atomic E-state index is 13.7. The van der Waals surface area contributed by atoms with Crippen molar-refractivity contribution in [3.63, 3.8) is 0 Å². The molecule has 1 saturated carbocycles. The molecule has 8 heteroatoms. The second-order valence-electron chi connectivity index (χ2n) is 5.69. The van der Waals surface area contributed by atoms with Crippen molar-refractivity contribution in [2.75, 3.05) is 13.1 Å². The SMILES string of the molecule is NC1CCC2CN(S(=O)(=O)c3c(F)cc(F)cc3F)CC12. The molecule has 2 fully saturated rings. The highest BCUT2D eigenvalue weighted by atomic mass is 32.2. The standard InChI is InChI=1S/C13H15F3N2O2S/c14-8-3-10(15)13(11(16)4-8)21(19,20)18-5-7-1-2-12(17)9(7)6-18/h3-4,7,9,12H,1-2,5-6,17H2. The molecular formula is C13H15F3N2O2S. The lowest BCUT2D eigenvalue weighted by Gasteiger charge is -2.19. The van der Waals surface area contributed by atoms with Crippen LogP contribution in [-0.2, 0) is 10.0 Å². The molecule has 4 nitrogen and oxygen atoms in total. The van der Waals surface area contributed by atoms with Gasteiger partial charge in [-0.3, -0.25) is 0 Å². The van der Waals surface area contributed by atoms with Gasteiger partial charge in [-0.15, -0.1) is 0 Å². The van der Waals surface area contributed by atoms with Gasteiger partial charge in [0.1, 0.15) is 17.5 Å². The molecule has 1 heterocycles. The van der Waals surface area contributed by atoms with E-state index in [1.807, 2.05) is 0 Å². The summed E-state index contributed by atoms with van der Waals surface area (Å²) in [6.45, 7) is 0.362. The first-order valence-corrected chi connectivity index (χ1v) is 8.15. The quantitative estimate of drug-likeness (QED) is 0.897. The van der Waals surface area contributed by atoms with E-state index in [0.717, 1.165) is 17.1 Å². The lowest BCUT2D eigenvalue weighted by atomic mass is 9.98. The molecule has 0 bridgehead atoms. The van der Waals surface area contributed by atoms with E-state index in [-0.39, 0.29) is 31.0 Å². The highest BCUT2D eigenvalue weighted by Gasteiger charge is 2.46. The van der Waals surface area contributed by atoms with E-state index in [4.69, 9.17) is 5.73 Å². The summed E-state index contributed by atoms with van der Waals surface area (Å²) in [7, 11) is -4.32. The zero-order valence-electron chi connectivity index (χ0n) is 11.1. The predicted molar refractivity (Wildman–Crippen MR) is 69.3 cm³/mol. The minimum absolute atomic E-state index is 0.0198. The summed E-state index contributed by atoms with van der Waals surface area (Å²) >= 11 is 0. The molecule has 116 valence electrons. The molecule has 3 atom stereocenters. The first-order chi connectivity index (χ1) is 9.80. The van der Waals surface area contributed by atoms with Crippen LogP contribution in [0.3, 0.4) is 0 Å². The van der Waals surface area contributed by atoms with Crippen molar-refractivity contribution in [3.8, 4) is 0 Å². The van der Waals surface area contributed by atoms with Crippen LogP contribution in [-0.4, -0.2) is 31.9 Å².